The molecule has 16 heavy (non-hydrogen) atoms. The van der Waals surface area contributed by atoms with Gasteiger partial charge in [-0.2, -0.15) is 10.2 Å². The Balaban J connectivity index is 1.76. The van der Waals surface area contributed by atoms with Crippen LogP contribution in [0.1, 0.15) is 24.5 Å². The molecular weight excluding hydrogens is 204 g/mol. The van der Waals surface area contributed by atoms with Gasteiger partial charge < -0.3 is 5.32 Å². The molecule has 0 radical (unpaired) electrons. The molecule has 6 nitrogen and oxygen atoms in total. The molecule has 0 aromatic carbocycles. The van der Waals surface area contributed by atoms with Gasteiger partial charge in [0.05, 0.1) is 5.69 Å². The molecule has 2 aromatic heterocycles. The van der Waals surface area contributed by atoms with E-state index in [9.17, 15) is 0 Å². The normalized spacial score (nSPS) is 12.9. The first-order valence-corrected chi connectivity index (χ1v) is 5.33. The van der Waals surface area contributed by atoms with Crippen molar-refractivity contribution in [3.05, 3.63) is 30.1 Å². The average Bonchev–Trinajstić information content (AvgIpc) is 2.89. The van der Waals surface area contributed by atoms with Crippen LogP contribution in [0.15, 0.2) is 18.6 Å². The van der Waals surface area contributed by atoms with Crippen LogP contribution in [0, 0.1) is 0 Å². The van der Waals surface area contributed by atoms with E-state index in [1.165, 1.54) is 0 Å². The van der Waals surface area contributed by atoms with Crippen molar-refractivity contribution in [3.63, 3.8) is 0 Å². The van der Waals surface area contributed by atoms with Gasteiger partial charge in [0.1, 0.15) is 6.33 Å². The van der Waals surface area contributed by atoms with Crippen molar-refractivity contribution in [2.24, 2.45) is 7.05 Å². The highest BCUT2D eigenvalue weighted by Gasteiger charge is 2.06. The fourth-order valence-corrected chi connectivity index (χ4v) is 1.52. The van der Waals surface area contributed by atoms with Crippen molar-refractivity contribution in [1.82, 2.24) is 30.3 Å². The van der Waals surface area contributed by atoms with E-state index >= 15 is 0 Å². The summed E-state index contributed by atoms with van der Waals surface area (Å²) in [7, 11) is 1.87. The first-order valence-electron chi connectivity index (χ1n) is 5.33. The summed E-state index contributed by atoms with van der Waals surface area (Å²) in [5, 5.41) is 14.5. The van der Waals surface area contributed by atoms with Gasteiger partial charge in [0.15, 0.2) is 5.82 Å². The Morgan fingerprint density at radius 3 is 3.06 bits per heavy atom. The van der Waals surface area contributed by atoms with Crippen LogP contribution in [-0.4, -0.2) is 31.5 Å². The van der Waals surface area contributed by atoms with Crippen LogP contribution in [0.3, 0.4) is 0 Å². The number of aromatic amines is 1. The molecule has 2 rings (SSSR count). The zero-order valence-electron chi connectivity index (χ0n) is 9.51. The molecule has 0 amide bonds. The maximum absolute atomic E-state index is 4.22. The summed E-state index contributed by atoms with van der Waals surface area (Å²) < 4.78 is 1.72. The van der Waals surface area contributed by atoms with Gasteiger partial charge >= 0.3 is 0 Å². The van der Waals surface area contributed by atoms with E-state index in [0.717, 1.165) is 24.5 Å². The lowest BCUT2D eigenvalue weighted by atomic mass is 10.2. The highest BCUT2D eigenvalue weighted by molar-refractivity contribution is 5.02. The van der Waals surface area contributed by atoms with Crippen LogP contribution in [0.5, 0.6) is 0 Å². The first-order chi connectivity index (χ1) is 7.75. The van der Waals surface area contributed by atoms with Gasteiger partial charge in [-0.1, -0.05) is 0 Å². The van der Waals surface area contributed by atoms with Crippen LogP contribution in [-0.2, 0) is 13.5 Å². The summed E-state index contributed by atoms with van der Waals surface area (Å²) >= 11 is 0. The number of aryl methyl sites for hydroxylation is 1. The predicted octanol–water partition coefficient (Wildman–Crippen LogP) is 0.431. The maximum atomic E-state index is 4.22. The van der Waals surface area contributed by atoms with Gasteiger partial charge in [0, 0.05) is 32.3 Å². The van der Waals surface area contributed by atoms with Gasteiger partial charge in [-0.3, -0.25) is 9.78 Å². The molecule has 1 atom stereocenters. The van der Waals surface area contributed by atoms with Crippen LogP contribution in [0.4, 0.5) is 0 Å². The Bertz CT molecular complexity index is 418. The third kappa shape index (κ3) is 2.66. The quantitative estimate of drug-likeness (QED) is 0.766. The van der Waals surface area contributed by atoms with Crippen LogP contribution in [0.2, 0.25) is 0 Å². The molecule has 2 aromatic rings. The molecule has 2 heterocycles. The molecule has 0 bridgehead atoms. The number of nitrogens with zero attached hydrogens (tertiary/aromatic N) is 4. The standard InChI is InChI=1S/C10H16N6/c1-8(9-3-6-13-14-9)11-5-4-10-12-7-16(2)15-10/h3,6-8,11H,4-5H2,1-2H3,(H,13,14). The number of hydrogen-bond acceptors (Lipinski definition) is 4. The number of nitrogens with one attached hydrogen (secondary N) is 2. The summed E-state index contributed by atoms with van der Waals surface area (Å²) in [6.45, 7) is 2.95. The Morgan fingerprint density at radius 2 is 2.44 bits per heavy atom. The van der Waals surface area contributed by atoms with Gasteiger partial charge in [-0.15, -0.1) is 0 Å². The summed E-state index contributed by atoms with van der Waals surface area (Å²) in [5.41, 5.74) is 1.09. The van der Waals surface area contributed by atoms with Gasteiger partial charge in [0.2, 0.25) is 0 Å². The summed E-state index contributed by atoms with van der Waals surface area (Å²) in [6.07, 6.45) is 4.31. The minimum Gasteiger partial charge on any atom is -0.308 e. The molecule has 6 heteroatoms. The maximum Gasteiger partial charge on any atom is 0.151 e. The lowest BCUT2D eigenvalue weighted by molar-refractivity contribution is 0.555. The molecule has 86 valence electrons. The van der Waals surface area contributed by atoms with E-state index in [4.69, 9.17) is 0 Å². The number of H-pyrrole nitrogens is 1. The SMILES string of the molecule is CC(NCCc1ncn(C)n1)c1ccn[nH]1. The largest absolute Gasteiger partial charge is 0.308 e. The lowest BCUT2D eigenvalue weighted by Gasteiger charge is -2.10. The smallest absolute Gasteiger partial charge is 0.151 e. The lowest BCUT2D eigenvalue weighted by Crippen LogP contribution is -2.22. The van der Waals surface area contributed by atoms with E-state index in [1.54, 1.807) is 17.2 Å². The first kappa shape index (κ1) is 10.8. The van der Waals surface area contributed by atoms with E-state index < -0.39 is 0 Å². The van der Waals surface area contributed by atoms with Crippen LogP contribution < -0.4 is 5.32 Å². The summed E-state index contributed by atoms with van der Waals surface area (Å²) in [5.74, 6) is 0.867. The second-order valence-corrected chi connectivity index (χ2v) is 3.77. The molecule has 0 aliphatic carbocycles. The minimum absolute atomic E-state index is 0.270. The fourth-order valence-electron chi connectivity index (χ4n) is 1.52. The van der Waals surface area contributed by atoms with Crippen molar-refractivity contribution in [1.29, 1.82) is 0 Å². The van der Waals surface area contributed by atoms with Gasteiger partial charge in [-0.05, 0) is 13.0 Å². The number of aromatic nitrogens is 5. The van der Waals surface area contributed by atoms with Crippen molar-refractivity contribution in [2.75, 3.05) is 6.54 Å². The molecule has 0 fully saturated rings. The Hall–Kier alpha value is -1.69. The molecule has 2 N–H and O–H groups in total. The molecule has 1 unspecified atom stereocenters. The van der Waals surface area contributed by atoms with Crippen molar-refractivity contribution < 1.29 is 0 Å². The Morgan fingerprint density at radius 1 is 1.56 bits per heavy atom. The second kappa shape index (κ2) is 4.89. The van der Waals surface area contributed by atoms with Crippen molar-refractivity contribution in [3.8, 4) is 0 Å². The molecular formula is C10H16N6. The van der Waals surface area contributed by atoms with E-state index in [1.807, 2.05) is 13.1 Å². The second-order valence-electron chi connectivity index (χ2n) is 3.77. The third-order valence-electron chi connectivity index (χ3n) is 2.43. The highest BCUT2D eigenvalue weighted by atomic mass is 15.3. The topological polar surface area (TPSA) is 71.4 Å². The van der Waals surface area contributed by atoms with E-state index in [0.29, 0.717) is 0 Å². The zero-order chi connectivity index (χ0) is 11.4. The van der Waals surface area contributed by atoms with E-state index in [2.05, 4.69) is 32.5 Å². The zero-order valence-corrected chi connectivity index (χ0v) is 9.51. The minimum atomic E-state index is 0.270. The molecule has 0 saturated heterocycles. The third-order valence-corrected chi connectivity index (χ3v) is 2.43. The van der Waals surface area contributed by atoms with Crippen molar-refractivity contribution >= 4 is 0 Å². The number of hydrogen-bond donors (Lipinski definition) is 2. The monoisotopic (exact) mass is 220 g/mol. The van der Waals surface area contributed by atoms with Gasteiger partial charge in [-0.25, -0.2) is 4.98 Å². The number of rotatable bonds is 5. The van der Waals surface area contributed by atoms with E-state index in [-0.39, 0.29) is 6.04 Å². The molecule has 0 saturated carbocycles. The van der Waals surface area contributed by atoms with Crippen molar-refractivity contribution in [2.45, 2.75) is 19.4 Å². The summed E-state index contributed by atoms with van der Waals surface area (Å²) in [4.78, 5) is 4.17. The Kier molecular flexibility index (Phi) is 3.31. The summed E-state index contributed by atoms with van der Waals surface area (Å²) in [6, 6.07) is 2.24. The van der Waals surface area contributed by atoms with Gasteiger partial charge in [0.25, 0.3) is 0 Å². The fraction of sp³-hybridized carbons (Fsp3) is 0.500. The highest BCUT2D eigenvalue weighted by Crippen LogP contribution is 2.06. The predicted molar refractivity (Wildman–Crippen MR) is 59.7 cm³/mol. The van der Waals surface area contributed by atoms with Crippen LogP contribution in [0.25, 0.3) is 0 Å². The van der Waals surface area contributed by atoms with Crippen LogP contribution >= 0.6 is 0 Å². The molecule has 0 aliphatic rings. The molecule has 0 aliphatic heterocycles. The Labute approximate surface area is 94.1 Å². The molecule has 0 spiro atoms. The average molecular weight is 220 g/mol.